The van der Waals surface area contributed by atoms with Crippen LogP contribution in [0.2, 0.25) is 0 Å². The van der Waals surface area contributed by atoms with Gasteiger partial charge in [-0.15, -0.1) is 0 Å². The summed E-state index contributed by atoms with van der Waals surface area (Å²) < 4.78 is 0. The minimum atomic E-state index is 0.323. The van der Waals surface area contributed by atoms with Crippen molar-refractivity contribution in [3.05, 3.63) is 29.8 Å². The molecule has 1 unspecified atom stereocenters. The molecule has 0 radical (unpaired) electrons. The highest BCUT2D eigenvalue weighted by Gasteiger charge is 2.50. The second-order valence-corrected chi connectivity index (χ2v) is 5.63. The molecular weight excluding hydrogens is 210 g/mol. The molecule has 1 atom stereocenters. The van der Waals surface area contributed by atoms with Crippen molar-refractivity contribution in [3.63, 3.8) is 0 Å². The first kappa shape index (κ1) is 11.1. The number of likely N-dealkylation sites (tertiary alicyclic amines) is 1. The summed E-state index contributed by atoms with van der Waals surface area (Å²) in [6, 6.07) is 8.49. The van der Waals surface area contributed by atoms with Gasteiger partial charge in [0, 0.05) is 11.5 Å². The zero-order chi connectivity index (χ0) is 11.9. The summed E-state index contributed by atoms with van der Waals surface area (Å²) in [7, 11) is 0. The lowest BCUT2D eigenvalue weighted by atomic mass is 9.88. The predicted octanol–water partition coefficient (Wildman–Crippen LogP) is 2.91. The highest BCUT2D eigenvalue weighted by atomic mass is 16.3. The number of aromatic hydroxyl groups is 1. The van der Waals surface area contributed by atoms with Gasteiger partial charge in [0.1, 0.15) is 5.75 Å². The average Bonchev–Trinajstić information content (AvgIpc) is 2.96. The number of phenols is 1. The van der Waals surface area contributed by atoms with Crippen LogP contribution in [-0.2, 0) is 5.41 Å². The van der Waals surface area contributed by atoms with Crippen molar-refractivity contribution in [2.75, 3.05) is 13.1 Å². The minimum Gasteiger partial charge on any atom is -0.508 e. The first-order valence-corrected chi connectivity index (χ1v) is 6.76. The van der Waals surface area contributed by atoms with Crippen molar-refractivity contribution in [2.24, 2.45) is 0 Å². The third kappa shape index (κ3) is 1.85. The molecule has 1 aromatic rings. The zero-order valence-electron chi connectivity index (χ0n) is 10.5. The van der Waals surface area contributed by atoms with Gasteiger partial charge in [-0.2, -0.15) is 0 Å². The van der Waals surface area contributed by atoms with E-state index in [0.29, 0.717) is 17.2 Å². The summed E-state index contributed by atoms with van der Waals surface area (Å²) in [5, 5.41) is 9.64. The second-order valence-electron chi connectivity index (χ2n) is 5.63. The number of phenolic OH excluding ortho intramolecular Hbond substituents is 1. The van der Waals surface area contributed by atoms with Crippen LogP contribution in [0.25, 0.3) is 0 Å². The molecule has 92 valence electrons. The highest BCUT2D eigenvalue weighted by Crippen LogP contribution is 2.53. The molecule has 3 rings (SSSR count). The van der Waals surface area contributed by atoms with Gasteiger partial charge in [-0.05, 0) is 63.4 Å². The zero-order valence-corrected chi connectivity index (χ0v) is 10.5. The minimum absolute atomic E-state index is 0.323. The summed E-state index contributed by atoms with van der Waals surface area (Å²) >= 11 is 0. The Bertz CT molecular complexity index is 405. The molecular formula is C15H21NO. The summed E-state index contributed by atoms with van der Waals surface area (Å²) in [6.07, 6.45) is 5.24. The molecule has 2 fully saturated rings. The van der Waals surface area contributed by atoms with Crippen molar-refractivity contribution in [2.45, 2.75) is 44.1 Å². The third-order valence-corrected chi connectivity index (χ3v) is 4.70. The van der Waals surface area contributed by atoms with Crippen LogP contribution in [-0.4, -0.2) is 29.1 Å². The Labute approximate surface area is 103 Å². The number of hydrogen-bond donors (Lipinski definition) is 1. The van der Waals surface area contributed by atoms with E-state index in [0.717, 1.165) is 0 Å². The van der Waals surface area contributed by atoms with E-state index in [1.54, 1.807) is 6.07 Å². The van der Waals surface area contributed by atoms with Gasteiger partial charge in [0.2, 0.25) is 0 Å². The van der Waals surface area contributed by atoms with Crippen LogP contribution >= 0.6 is 0 Å². The smallest absolute Gasteiger partial charge is 0.115 e. The van der Waals surface area contributed by atoms with E-state index < -0.39 is 0 Å². The summed E-state index contributed by atoms with van der Waals surface area (Å²) in [6.45, 7) is 4.87. The van der Waals surface area contributed by atoms with E-state index in [2.05, 4.69) is 17.9 Å². The maximum Gasteiger partial charge on any atom is 0.115 e. The largest absolute Gasteiger partial charge is 0.508 e. The summed E-state index contributed by atoms with van der Waals surface area (Å²) in [4.78, 5) is 2.62. The quantitative estimate of drug-likeness (QED) is 0.864. The topological polar surface area (TPSA) is 23.5 Å². The average molecular weight is 231 g/mol. The van der Waals surface area contributed by atoms with E-state index in [9.17, 15) is 5.11 Å². The van der Waals surface area contributed by atoms with Gasteiger partial charge in [0.25, 0.3) is 0 Å². The molecule has 0 spiro atoms. The predicted molar refractivity (Wildman–Crippen MR) is 69.3 cm³/mol. The molecule has 1 aliphatic heterocycles. The van der Waals surface area contributed by atoms with E-state index in [4.69, 9.17) is 0 Å². The summed E-state index contributed by atoms with van der Waals surface area (Å²) in [5.74, 6) is 0.405. The molecule has 0 bridgehead atoms. The van der Waals surface area contributed by atoms with E-state index >= 15 is 0 Å². The van der Waals surface area contributed by atoms with Crippen molar-refractivity contribution < 1.29 is 5.11 Å². The fourth-order valence-electron chi connectivity index (χ4n) is 3.38. The normalized spacial score (nSPS) is 24.8. The highest BCUT2D eigenvalue weighted by molar-refractivity contribution is 5.38. The van der Waals surface area contributed by atoms with Gasteiger partial charge in [0.05, 0.1) is 0 Å². The van der Waals surface area contributed by atoms with Crippen molar-refractivity contribution in [1.29, 1.82) is 0 Å². The van der Waals surface area contributed by atoms with Gasteiger partial charge >= 0.3 is 0 Å². The van der Waals surface area contributed by atoms with Crippen LogP contribution in [0, 0.1) is 0 Å². The maximum atomic E-state index is 9.64. The lowest BCUT2D eigenvalue weighted by molar-refractivity contribution is 0.214. The molecule has 1 N–H and O–H groups in total. The molecule has 0 amide bonds. The third-order valence-electron chi connectivity index (χ3n) is 4.70. The van der Waals surface area contributed by atoms with E-state index in [-0.39, 0.29) is 0 Å². The molecule has 1 saturated heterocycles. The Kier molecular flexibility index (Phi) is 2.62. The molecule has 1 aromatic carbocycles. The standard InChI is InChI=1S/C15H21NO/c1-12(16-9-2-3-10-16)15(7-8-15)13-5-4-6-14(17)11-13/h4-6,11-12,17H,2-3,7-10H2,1H3. The van der Waals surface area contributed by atoms with E-state index in [1.807, 2.05) is 12.1 Å². The van der Waals surface area contributed by atoms with Crippen molar-refractivity contribution >= 4 is 0 Å². The molecule has 1 saturated carbocycles. The maximum absolute atomic E-state index is 9.64. The molecule has 1 aliphatic carbocycles. The molecule has 2 nitrogen and oxygen atoms in total. The first-order valence-electron chi connectivity index (χ1n) is 6.76. The van der Waals surface area contributed by atoms with Crippen LogP contribution in [0.1, 0.15) is 38.2 Å². The van der Waals surface area contributed by atoms with Gasteiger partial charge in [-0.3, -0.25) is 4.90 Å². The monoisotopic (exact) mass is 231 g/mol. The molecule has 1 heterocycles. The number of rotatable bonds is 3. The van der Waals surface area contributed by atoms with Crippen LogP contribution < -0.4 is 0 Å². The van der Waals surface area contributed by atoms with Crippen molar-refractivity contribution in [3.8, 4) is 5.75 Å². The Morgan fingerprint density at radius 3 is 2.53 bits per heavy atom. The summed E-state index contributed by atoms with van der Waals surface area (Å²) in [5.41, 5.74) is 1.65. The first-order chi connectivity index (χ1) is 8.22. The fourth-order valence-corrected chi connectivity index (χ4v) is 3.38. The van der Waals surface area contributed by atoms with E-state index in [1.165, 1.54) is 44.3 Å². The molecule has 2 heteroatoms. The Morgan fingerprint density at radius 2 is 1.94 bits per heavy atom. The Hall–Kier alpha value is -1.02. The molecule has 17 heavy (non-hydrogen) atoms. The van der Waals surface area contributed by atoms with Crippen LogP contribution in [0.4, 0.5) is 0 Å². The van der Waals surface area contributed by atoms with Crippen LogP contribution in [0.15, 0.2) is 24.3 Å². The fraction of sp³-hybridized carbons (Fsp3) is 0.600. The Morgan fingerprint density at radius 1 is 1.24 bits per heavy atom. The second kappa shape index (κ2) is 4.02. The van der Waals surface area contributed by atoms with Crippen LogP contribution in [0.5, 0.6) is 5.75 Å². The number of nitrogens with zero attached hydrogens (tertiary/aromatic N) is 1. The van der Waals surface area contributed by atoms with Gasteiger partial charge < -0.3 is 5.11 Å². The number of hydrogen-bond acceptors (Lipinski definition) is 2. The molecule has 0 aromatic heterocycles. The van der Waals surface area contributed by atoms with Gasteiger partial charge in [0.15, 0.2) is 0 Å². The van der Waals surface area contributed by atoms with Gasteiger partial charge in [-0.1, -0.05) is 12.1 Å². The lowest BCUT2D eigenvalue weighted by Gasteiger charge is -2.32. The molecule has 2 aliphatic rings. The van der Waals surface area contributed by atoms with Gasteiger partial charge in [-0.25, -0.2) is 0 Å². The number of benzene rings is 1. The van der Waals surface area contributed by atoms with Crippen molar-refractivity contribution in [1.82, 2.24) is 4.90 Å². The van der Waals surface area contributed by atoms with Crippen LogP contribution in [0.3, 0.4) is 0 Å². The Balaban J connectivity index is 1.85. The lowest BCUT2D eigenvalue weighted by Crippen LogP contribution is -2.39. The SMILES string of the molecule is CC(N1CCCC1)C1(c2cccc(O)c2)CC1.